The van der Waals surface area contributed by atoms with Crippen molar-refractivity contribution in [1.82, 2.24) is 9.97 Å². The van der Waals surface area contributed by atoms with Crippen molar-refractivity contribution in [2.45, 2.75) is 26.2 Å². The van der Waals surface area contributed by atoms with Crippen molar-refractivity contribution >= 4 is 21.5 Å². The lowest BCUT2D eigenvalue weighted by Gasteiger charge is -2.25. The van der Waals surface area contributed by atoms with Crippen LogP contribution in [0.4, 0.5) is 11.6 Å². The van der Waals surface area contributed by atoms with Gasteiger partial charge in [0.05, 0.1) is 11.5 Å². The predicted molar refractivity (Wildman–Crippen MR) is 76.0 cm³/mol. The highest BCUT2D eigenvalue weighted by Crippen LogP contribution is 2.29. The molecular formula is C12H20N4O2S. The monoisotopic (exact) mass is 284 g/mol. The van der Waals surface area contributed by atoms with Gasteiger partial charge in [-0.3, -0.25) is 0 Å². The first-order valence-electron chi connectivity index (χ1n) is 6.46. The molecule has 7 heteroatoms. The molecule has 0 atom stereocenters. The van der Waals surface area contributed by atoms with Crippen molar-refractivity contribution in [2.75, 3.05) is 35.2 Å². The zero-order valence-electron chi connectivity index (χ0n) is 11.3. The van der Waals surface area contributed by atoms with Crippen LogP contribution in [0.5, 0.6) is 0 Å². The summed E-state index contributed by atoms with van der Waals surface area (Å²) in [5, 5.41) is 0. The van der Waals surface area contributed by atoms with Gasteiger partial charge >= 0.3 is 0 Å². The summed E-state index contributed by atoms with van der Waals surface area (Å²) >= 11 is 0. The summed E-state index contributed by atoms with van der Waals surface area (Å²) in [7, 11) is -2.92. The zero-order valence-corrected chi connectivity index (χ0v) is 12.2. The van der Waals surface area contributed by atoms with Crippen molar-refractivity contribution in [1.29, 1.82) is 0 Å². The molecule has 2 rings (SSSR count). The van der Waals surface area contributed by atoms with Gasteiger partial charge in [0, 0.05) is 18.7 Å². The SMILES string of the molecule is CC(C)c1c(N)ncnc1N1CCCS(=O)(=O)CC1. The number of nitrogens with two attached hydrogens (primary N) is 1. The van der Waals surface area contributed by atoms with Crippen LogP contribution in [0.25, 0.3) is 0 Å². The molecule has 6 nitrogen and oxygen atoms in total. The summed E-state index contributed by atoms with van der Waals surface area (Å²) in [5.41, 5.74) is 6.83. The van der Waals surface area contributed by atoms with E-state index in [0.29, 0.717) is 25.3 Å². The smallest absolute Gasteiger partial charge is 0.152 e. The minimum atomic E-state index is -2.92. The van der Waals surface area contributed by atoms with Gasteiger partial charge in [0.1, 0.15) is 18.0 Å². The normalized spacial score (nSPS) is 19.4. The maximum absolute atomic E-state index is 11.6. The molecule has 2 N–H and O–H groups in total. The van der Waals surface area contributed by atoms with Gasteiger partial charge in [-0.25, -0.2) is 18.4 Å². The van der Waals surface area contributed by atoms with Crippen LogP contribution in [0.1, 0.15) is 31.7 Å². The van der Waals surface area contributed by atoms with E-state index in [4.69, 9.17) is 5.73 Å². The average Bonchev–Trinajstić information content (AvgIpc) is 2.49. The molecule has 19 heavy (non-hydrogen) atoms. The molecule has 0 spiro atoms. The van der Waals surface area contributed by atoms with E-state index in [-0.39, 0.29) is 17.4 Å². The van der Waals surface area contributed by atoms with Crippen LogP contribution in [0.3, 0.4) is 0 Å². The van der Waals surface area contributed by atoms with Gasteiger partial charge in [-0.2, -0.15) is 0 Å². The van der Waals surface area contributed by atoms with Crippen LogP contribution in [-0.4, -0.2) is 43.0 Å². The van der Waals surface area contributed by atoms with Crippen LogP contribution in [0.15, 0.2) is 6.33 Å². The third-order valence-corrected chi connectivity index (χ3v) is 5.04. The largest absolute Gasteiger partial charge is 0.383 e. The van der Waals surface area contributed by atoms with E-state index in [1.165, 1.54) is 6.33 Å². The minimum absolute atomic E-state index is 0.175. The molecule has 1 aliphatic heterocycles. The quantitative estimate of drug-likeness (QED) is 0.864. The maximum atomic E-state index is 11.6. The van der Waals surface area contributed by atoms with Gasteiger partial charge in [0.15, 0.2) is 9.84 Å². The van der Waals surface area contributed by atoms with Crippen molar-refractivity contribution < 1.29 is 8.42 Å². The Labute approximate surface area is 114 Å². The maximum Gasteiger partial charge on any atom is 0.152 e. The van der Waals surface area contributed by atoms with Crippen molar-refractivity contribution in [3.63, 3.8) is 0 Å². The summed E-state index contributed by atoms with van der Waals surface area (Å²) < 4.78 is 23.3. The van der Waals surface area contributed by atoms with Crippen LogP contribution in [0, 0.1) is 0 Å². The first-order chi connectivity index (χ1) is 8.91. The molecule has 0 aliphatic carbocycles. The summed E-state index contributed by atoms with van der Waals surface area (Å²) in [5.74, 6) is 1.89. The van der Waals surface area contributed by atoms with Gasteiger partial charge < -0.3 is 10.6 Å². The molecule has 1 fully saturated rings. The topological polar surface area (TPSA) is 89.2 Å². The molecule has 1 aromatic heterocycles. The lowest BCUT2D eigenvalue weighted by Crippen LogP contribution is -2.29. The Bertz CT molecular complexity index is 557. The number of hydrogen-bond donors (Lipinski definition) is 1. The summed E-state index contributed by atoms with van der Waals surface area (Å²) in [4.78, 5) is 10.4. The summed E-state index contributed by atoms with van der Waals surface area (Å²) in [6.45, 7) is 5.23. The fourth-order valence-corrected chi connectivity index (χ4v) is 3.63. The molecule has 0 radical (unpaired) electrons. The number of anilines is 2. The number of nitrogens with zero attached hydrogens (tertiary/aromatic N) is 3. The Morgan fingerprint density at radius 1 is 1.26 bits per heavy atom. The highest BCUT2D eigenvalue weighted by Gasteiger charge is 2.23. The molecule has 0 unspecified atom stereocenters. The van der Waals surface area contributed by atoms with E-state index in [9.17, 15) is 8.42 Å². The van der Waals surface area contributed by atoms with Crippen LogP contribution in [-0.2, 0) is 9.84 Å². The average molecular weight is 284 g/mol. The Hall–Kier alpha value is -1.37. The molecule has 1 aromatic rings. The molecule has 2 heterocycles. The first-order valence-corrected chi connectivity index (χ1v) is 8.28. The van der Waals surface area contributed by atoms with Gasteiger partial charge in [-0.15, -0.1) is 0 Å². The number of sulfone groups is 1. The van der Waals surface area contributed by atoms with Gasteiger partial charge in [-0.1, -0.05) is 13.8 Å². The minimum Gasteiger partial charge on any atom is -0.383 e. The third-order valence-electron chi connectivity index (χ3n) is 3.33. The molecule has 0 bridgehead atoms. The van der Waals surface area contributed by atoms with Crippen molar-refractivity contribution in [2.24, 2.45) is 0 Å². The fraction of sp³-hybridized carbons (Fsp3) is 0.667. The van der Waals surface area contributed by atoms with E-state index in [1.807, 2.05) is 18.7 Å². The van der Waals surface area contributed by atoms with E-state index in [0.717, 1.165) is 11.4 Å². The lowest BCUT2D eigenvalue weighted by molar-refractivity contribution is 0.597. The van der Waals surface area contributed by atoms with Gasteiger partial charge in [0.25, 0.3) is 0 Å². The Morgan fingerprint density at radius 3 is 2.68 bits per heavy atom. The number of aromatic nitrogens is 2. The Balaban J connectivity index is 2.34. The van der Waals surface area contributed by atoms with Crippen molar-refractivity contribution in [3.05, 3.63) is 11.9 Å². The molecule has 0 amide bonds. The molecule has 0 saturated carbocycles. The van der Waals surface area contributed by atoms with E-state index < -0.39 is 9.84 Å². The van der Waals surface area contributed by atoms with E-state index in [2.05, 4.69) is 9.97 Å². The number of hydrogen-bond acceptors (Lipinski definition) is 6. The zero-order chi connectivity index (χ0) is 14.0. The molecule has 1 saturated heterocycles. The highest BCUT2D eigenvalue weighted by molar-refractivity contribution is 7.91. The fourth-order valence-electron chi connectivity index (χ4n) is 2.36. The third kappa shape index (κ3) is 3.15. The highest BCUT2D eigenvalue weighted by atomic mass is 32.2. The van der Waals surface area contributed by atoms with E-state index >= 15 is 0 Å². The van der Waals surface area contributed by atoms with Crippen LogP contribution >= 0.6 is 0 Å². The molecule has 106 valence electrons. The number of rotatable bonds is 2. The number of nitrogen functional groups attached to an aromatic ring is 1. The van der Waals surface area contributed by atoms with Crippen LogP contribution < -0.4 is 10.6 Å². The second-order valence-electron chi connectivity index (χ2n) is 5.14. The van der Waals surface area contributed by atoms with Crippen LogP contribution in [0.2, 0.25) is 0 Å². The molecule has 0 aromatic carbocycles. The summed E-state index contributed by atoms with van der Waals surface area (Å²) in [6.07, 6.45) is 2.07. The predicted octanol–water partition coefficient (Wildman–Crippen LogP) is 0.807. The standard InChI is InChI=1S/C12H20N4O2S/c1-9(2)10-11(13)14-8-15-12(10)16-4-3-6-19(17,18)7-5-16/h8-9H,3-7H2,1-2H3,(H2,13,14,15). The van der Waals surface area contributed by atoms with Gasteiger partial charge in [0.2, 0.25) is 0 Å². The van der Waals surface area contributed by atoms with Gasteiger partial charge in [-0.05, 0) is 12.3 Å². The Kier molecular flexibility index (Phi) is 3.93. The second-order valence-corrected chi connectivity index (χ2v) is 7.45. The summed E-state index contributed by atoms with van der Waals surface area (Å²) in [6, 6.07) is 0. The Morgan fingerprint density at radius 2 is 2.00 bits per heavy atom. The van der Waals surface area contributed by atoms with Crippen molar-refractivity contribution in [3.8, 4) is 0 Å². The lowest BCUT2D eigenvalue weighted by atomic mass is 10.0. The van der Waals surface area contributed by atoms with E-state index in [1.54, 1.807) is 0 Å². The molecule has 1 aliphatic rings. The second kappa shape index (κ2) is 5.32. The molecular weight excluding hydrogens is 264 g/mol. The first kappa shape index (κ1) is 14.0.